The third-order valence-electron chi connectivity index (χ3n) is 2.20. The quantitative estimate of drug-likeness (QED) is 0.601. The molecule has 0 aromatic rings. The topological polar surface area (TPSA) is 21.7 Å². The SMILES string of the molecule is CC1O[C@H](C(C)(C)C)N(C(C)(C)C)O1. The lowest BCUT2D eigenvalue weighted by atomic mass is 9.92. The predicted octanol–water partition coefficient (Wildman–Crippen LogP) is 2.77. The molecule has 1 aliphatic heterocycles. The summed E-state index contributed by atoms with van der Waals surface area (Å²) in [5.41, 5.74) is 0.0424. The highest BCUT2D eigenvalue weighted by Gasteiger charge is 2.44. The van der Waals surface area contributed by atoms with Crippen molar-refractivity contribution in [3.8, 4) is 0 Å². The van der Waals surface area contributed by atoms with Gasteiger partial charge in [0.05, 0.1) is 0 Å². The lowest BCUT2D eigenvalue weighted by molar-refractivity contribution is -0.221. The molecule has 0 radical (unpaired) electrons. The predicted molar refractivity (Wildman–Crippen MR) is 56.5 cm³/mol. The van der Waals surface area contributed by atoms with Crippen molar-refractivity contribution in [2.24, 2.45) is 5.41 Å². The van der Waals surface area contributed by atoms with Gasteiger partial charge in [-0.05, 0) is 27.7 Å². The highest BCUT2D eigenvalue weighted by atomic mass is 16.9. The van der Waals surface area contributed by atoms with Crippen LogP contribution in [0.4, 0.5) is 0 Å². The largest absolute Gasteiger partial charge is 0.330 e. The summed E-state index contributed by atoms with van der Waals surface area (Å²) in [5.74, 6) is 0. The molecule has 1 rings (SSSR count). The first kappa shape index (κ1) is 12.0. The van der Waals surface area contributed by atoms with Gasteiger partial charge in [0, 0.05) is 11.0 Å². The Kier molecular flexibility index (Phi) is 2.96. The van der Waals surface area contributed by atoms with Crippen LogP contribution < -0.4 is 0 Å². The molecule has 2 atom stereocenters. The number of nitrogens with zero attached hydrogens (tertiary/aromatic N) is 1. The fourth-order valence-corrected chi connectivity index (χ4v) is 1.54. The van der Waals surface area contributed by atoms with Crippen LogP contribution in [-0.4, -0.2) is 23.1 Å². The Bertz CT molecular complexity index is 180. The Balaban J connectivity index is 2.84. The van der Waals surface area contributed by atoms with Crippen LogP contribution in [0.15, 0.2) is 0 Å². The molecular weight excluding hydrogens is 178 g/mol. The molecule has 3 heteroatoms. The summed E-state index contributed by atoms with van der Waals surface area (Å²) in [7, 11) is 0. The van der Waals surface area contributed by atoms with Gasteiger partial charge in [0.25, 0.3) is 0 Å². The van der Waals surface area contributed by atoms with Gasteiger partial charge >= 0.3 is 0 Å². The molecule has 0 aliphatic carbocycles. The number of hydrogen-bond acceptors (Lipinski definition) is 3. The minimum atomic E-state index is -0.140. The average molecular weight is 201 g/mol. The third kappa shape index (κ3) is 2.47. The van der Waals surface area contributed by atoms with Gasteiger partial charge in [-0.15, -0.1) is 0 Å². The van der Waals surface area contributed by atoms with Gasteiger partial charge < -0.3 is 4.74 Å². The number of ether oxygens (including phenoxy) is 1. The summed E-state index contributed by atoms with van der Waals surface area (Å²) in [6.07, 6.45) is -0.115. The van der Waals surface area contributed by atoms with E-state index in [9.17, 15) is 0 Å². The van der Waals surface area contributed by atoms with Crippen LogP contribution >= 0.6 is 0 Å². The summed E-state index contributed by atoms with van der Waals surface area (Å²) in [5, 5.41) is 1.97. The maximum Gasteiger partial charge on any atom is 0.177 e. The van der Waals surface area contributed by atoms with E-state index in [1.54, 1.807) is 0 Å². The van der Waals surface area contributed by atoms with Crippen molar-refractivity contribution in [2.75, 3.05) is 0 Å². The van der Waals surface area contributed by atoms with Crippen molar-refractivity contribution in [3.05, 3.63) is 0 Å². The second-order valence-electron chi connectivity index (χ2n) is 6.02. The van der Waals surface area contributed by atoms with E-state index in [4.69, 9.17) is 9.57 Å². The molecule has 0 N–H and O–H groups in total. The maximum atomic E-state index is 5.77. The standard InChI is InChI=1S/C11H23NO2/c1-8-13-9(10(2,3)4)12(14-8)11(5,6)7/h8-9H,1-7H3/t8?,9-/m1/s1. The van der Waals surface area contributed by atoms with Crippen LogP contribution in [0.25, 0.3) is 0 Å². The molecule has 84 valence electrons. The molecule has 0 spiro atoms. The van der Waals surface area contributed by atoms with E-state index in [1.807, 2.05) is 12.0 Å². The highest BCUT2D eigenvalue weighted by molar-refractivity contribution is 4.82. The molecule has 1 aliphatic rings. The molecule has 0 aromatic carbocycles. The van der Waals surface area contributed by atoms with Crippen molar-refractivity contribution in [3.63, 3.8) is 0 Å². The Morgan fingerprint density at radius 2 is 1.50 bits per heavy atom. The van der Waals surface area contributed by atoms with Gasteiger partial charge in [0.2, 0.25) is 0 Å². The molecule has 3 nitrogen and oxygen atoms in total. The summed E-state index contributed by atoms with van der Waals surface area (Å²) in [6, 6.07) is 0. The molecule has 1 fully saturated rings. The van der Waals surface area contributed by atoms with Crippen LogP contribution in [0.3, 0.4) is 0 Å². The smallest absolute Gasteiger partial charge is 0.177 e. The van der Waals surface area contributed by atoms with Gasteiger partial charge in [0.15, 0.2) is 6.29 Å². The Hall–Kier alpha value is -0.120. The number of hydrogen-bond donors (Lipinski definition) is 0. The monoisotopic (exact) mass is 201 g/mol. The van der Waals surface area contributed by atoms with Crippen LogP contribution in [0, 0.1) is 5.41 Å². The van der Waals surface area contributed by atoms with Crippen molar-refractivity contribution in [1.29, 1.82) is 0 Å². The fourth-order valence-electron chi connectivity index (χ4n) is 1.54. The molecule has 0 saturated carbocycles. The van der Waals surface area contributed by atoms with Crippen molar-refractivity contribution in [1.82, 2.24) is 5.06 Å². The Labute approximate surface area is 87.3 Å². The molecule has 0 amide bonds. The second-order valence-corrected chi connectivity index (χ2v) is 6.02. The summed E-state index contributed by atoms with van der Waals surface area (Å²) < 4.78 is 5.77. The van der Waals surface area contributed by atoms with Gasteiger partial charge in [-0.1, -0.05) is 20.8 Å². The highest BCUT2D eigenvalue weighted by Crippen LogP contribution is 2.36. The minimum absolute atomic E-state index is 0.0251. The average Bonchev–Trinajstić information content (AvgIpc) is 2.27. The van der Waals surface area contributed by atoms with E-state index in [1.165, 1.54) is 0 Å². The van der Waals surface area contributed by atoms with Crippen molar-refractivity contribution in [2.45, 2.75) is 66.5 Å². The van der Waals surface area contributed by atoms with E-state index in [0.29, 0.717) is 0 Å². The van der Waals surface area contributed by atoms with E-state index in [-0.39, 0.29) is 23.5 Å². The van der Waals surface area contributed by atoms with Crippen molar-refractivity contribution < 1.29 is 9.57 Å². The Morgan fingerprint density at radius 3 is 1.79 bits per heavy atom. The molecular formula is C11H23NO2. The minimum Gasteiger partial charge on any atom is -0.330 e. The zero-order valence-corrected chi connectivity index (χ0v) is 10.4. The van der Waals surface area contributed by atoms with Gasteiger partial charge in [0.1, 0.15) is 6.23 Å². The van der Waals surface area contributed by atoms with Gasteiger partial charge in [-0.25, -0.2) is 0 Å². The molecule has 1 saturated heterocycles. The molecule has 1 heterocycles. The first-order valence-corrected chi connectivity index (χ1v) is 5.24. The Morgan fingerprint density at radius 1 is 1.00 bits per heavy atom. The van der Waals surface area contributed by atoms with Gasteiger partial charge in [-0.2, -0.15) is 5.06 Å². The number of hydroxylamine groups is 2. The van der Waals surface area contributed by atoms with Crippen LogP contribution in [0.5, 0.6) is 0 Å². The fraction of sp³-hybridized carbons (Fsp3) is 1.00. The zero-order chi connectivity index (χ0) is 11.1. The van der Waals surface area contributed by atoms with E-state index in [0.717, 1.165) is 0 Å². The van der Waals surface area contributed by atoms with Crippen molar-refractivity contribution >= 4 is 0 Å². The first-order chi connectivity index (χ1) is 6.12. The third-order valence-corrected chi connectivity index (χ3v) is 2.20. The summed E-state index contributed by atoms with van der Waals surface area (Å²) in [6.45, 7) is 14.8. The molecule has 0 bridgehead atoms. The molecule has 1 unspecified atom stereocenters. The summed E-state index contributed by atoms with van der Waals surface area (Å²) >= 11 is 0. The van der Waals surface area contributed by atoms with Crippen LogP contribution in [0.1, 0.15) is 48.5 Å². The first-order valence-electron chi connectivity index (χ1n) is 5.24. The lowest BCUT2D eigenvalue weighted by Crippen LogP contribution is -2.49. The van der Waals surface area contributed by atoms with Crippen LogP contribution in [0.2, 0.25) is 0 Å². The molecule has 14 heavy (non-hydrogen) atoms. The van der Waals surface area contributed by atoms with Crippen LogP contribution in [-0.2, 0) is 9.57 Å². The second kappa shape index (κ2) is 3.47. The lowest BCUT2D eigenvalue weighted by Gasteiger charge is -2.38. The van der Waals surface area contributed by atoms with E-state index < -0.39 is 0 Å². The number of rotatable bonds is 0. The maximum absolute atomic E-state index is 5.77. The van der Waals surface area contributed by atoms with Gasteiger partial charge in [-0.3, -0.25) is 4.84 Å². The summed E-state index contributed by atoms with van der Waals surface area (Å²) in [4.78, 5) is 5.68. The normalized spacial score (nSPS) is 31.1. The molecule has 0 aromatic heterocycles. The van der Waals surface area contributed by atoms with E-state index >= 15 is 0 Å². The zero-order valence-electron chi connectivity index (χ0n) is 10.4. The van der Waals surface area contributed by atoms with E-state index in [2.05, 4.69) is 41.5 Å².